The fraction of sp³-hybridized carbons (Fsp3) is 0.850. The Bertz CT molecular complexity index is 538. The predicted octanol–water partition coefficient (Wildman–Crippen LogP) is 5.04. The summed E-state index contributed by atoms with van der Waals surface area (Å²) in [5.41, 5.74) is 1.71. The Morgan fingerprint density at radius 1 is 1.14 bits per heavy atom. The van der Waals surface area contributed by atoms with Crippen molar-refractivity contribution in [2.45, 2.75) is 71.6 Å². The standard InChI is InChI=1S/C20H30O2/c1-13-11-20-10-7-15-18(2,16(20)6-5-14(13)12-20)8-4-9-19(15,3)17(21)22/h14-16H,1,4-12H2,2-3H3,(H,21,22)/t14?,15-,16?,18+,19?,20+/m0/s1. The monoisotopic (exact) mass is 302 g/mol. The molecule has 22 heavy (non-hydrogen) atoms. The van der Waals surface area contributed by atoms with E-state index < -0.39 is 11.4 Å². The van der Waals surface area contributed by atoms with Crippen LogP contribution in [0, 0.1) is 34.0 Å². The van der Waals surface area contributed by atoms with E-state index in [2.05, 4.69) is 13.5 Å². The second kappa shape index (κ2) is 4.39. The highest BCUT2D eigenvalue weighted by atomic mass is 16.4. The Balaban J connectivity index is 1.75. The molecular formula is C20H30O2. The van der Waals surface area contributed by atoms with Crippen molar-refractivity contribution in [2.75, 3.05) is 0 Å². The number of hydrogen-bond acceptors (Lipinski definition) is 1. The summed E-state index contributed by atoms with van der Waals surface area (Å²) in [4.78, 5) is 12.0. The van der Waals surface area contributed by atoms with Crippen LogP contribution in [-0.2, 0) is 4.79 Å². The van der Waals surface area contributed by atoms with Crippen molar-refractivity contribution in [3.63, 3.8) is 0 Å². The van der Waals surface area contributed by atoms with Crippen molar-refractivity contribution >= 4 is 5.97 Å². The molecule has 4 aliphatic rings. The maximum atomic E-state index is 12.0. The minimum absolute atomic E-state index is 0.235. The van der Waals surface area contributed by atoms with E-state index in [1.165, 1.54) is 44.1 Å². The van der Waals surface area contributed by atoms with Crippen LogP contribution in [0.5, 0.6) is 0 Å². The van der Waals surface area contributed by atoms with Gasteiger partial charge in [-0.05, 0) is 86.9 Å². The molecule has 2 heteroatoms. The highest BCUT2D eigenvalue weighted by Gasteiger charge is 2.64. The van der Waals surface area contributed by atoms with Crippen molar-refractivity contribution in [3.05, 3.63) is 12.2 Å². The average Bonchev–Trinajstić information content (AvgIpc) is 2.68. The van der Waals surface area contributed by atoms with Gasteiger partial charge in [0.05, 0.1) is 5.41 Å². The van der Waals surface area contributed by atoms with Gasteiger partial charge in [-0.25, -0.2) is 0 Å². The van der Waals surface area contributed by atoms with Gasteiger partial charge < -0.3 is 5.11 Å². The summed E-state index contributed by atoms with van der Waals surface area (Å²) in [5.74, 6) is 1.32. The molecule has 4 rings (SSSR count). The summed E-state index contributed by atoms with van der Waals surface area (Å²) in [7, 11) is 0. The molecule has 4 aliphatic carbocycles. The van der Waals surface area contributed by atoms with Gasteiger partial charge in [0, 0.05) is 0 Å². The van der Waals surface area contributed by atoms with Crippen molar-refractivity contribution in [1.29, 1.82) is 0 Å². The molecule has 3 unspecified atom stereocenters. The zero-order valence-electron chi connectivity index (χ0n) is 14.2. The largest absolute Gasteiger partial charge is 0.481 e. The van der Waals surface area contributed by atoms with Gasteiger partial charge in [0.1, 0.15) is 0 Å². The van der Waals surface area contributed by atoms with Crippen LogP contribution in [0.1, 0.15) is 71.6 Å². The molecule has 2 nitrogen and oxygen atoms in total. The van der Waals surface area contributed by atoms with Crippen LogP contribution in [0.4, 0.5) is 0 Å². The Labute approximate surface area is 134 Å². The first-order chi connectivity index (χ1) is 10.3. The minimum atomic E-state index is -0.552. The Kier molecular flexibility index (Phi) is 2.95. The van der Waals surface area contributed by atoms with E-state index in [1.54, 1.807) is 0 Å². The zero-order chi connectivity index (χ0) is 15.8. The van der Waals surface area contributed by atoms with Crippen molar-refractivity contribution < 1.29 is 9.90 Å². The van der Waals surface area contributed by atoms with Crippen molar-refractivity contribution in [3.8, 4) is 0 Å². The lowest BCUT2D eigenvalue weighted by atomic mass is 9.41. The first-order valence-electron chi connectivity index (χ1n) is 9.23. The van der Waals surface area contributed by atoms with Gasteiger partial charge in [0.15, 0.2) is 0 Å². The Morgan fingerprint density at radius 2 is 1.91 bits per heavy atom. The quantitative estimate of drug-likeness (QED) is 0.689. The van der Waals surface area contributed by atoms with Gasteiger partial charge in [0.25, 0.3) is 0 Å². The molecule has 0 amide bonds. The number of fused-ring (bicyclic) bond motifs is 3. The highest BCUT2D eigenvalue weighted by Crippen LogP contribution is 2.72. The fourth-order valence-corrected chi connectivity index (χ4v) is 7.61. The minimum Gasteiger partial charge on any atom is -0.481 e. The zero-order valence-corrected chi connectivity index (χ0v) is 14.2. The van der Waals surface area contributed by atoms with Crippen LogP contribution >= 0.6 is 0 Å². The summed E-state index contributed by atoms with van der Waals surface area (Å²) in [6.07, 6.45) is 10.8. The molecular weight excluding hydrogens is 272 g/mol. The maximum absolute atomic E-state index is 12.0. The smallest absolute Gasteiger partial charge is 0.309 e. The third-order valence-electron chi connectivity index (χ3n) is 8.54. The van der Waals surface area contributed by atoms with E-state index in [1.807, 2.05) is 6.92 Å². The maximum Gasteiger partial charge on any atom is 0.309 e. The SMILES string of the molecule is C=C1C[C@@]23CC[C@@H]4C(C)(C(=O)O)CCC[C@@]4(C)C2CCC1C3. The summed E-state index contributed by atoms with van der Waals surface area (Å²) in [6, 6.07) is 0. The number of carbonyl (C=O) groups is 1. The van der Waals surface area contributed by atoms with Crippen LogP contribution in [0.15, 0.2) is 12.2 Å². The highest BCUT2D eigenvalue weighted by molar-refractivity contribution is 5.75. The third-order valence-corrected chi connectivity index (χ3v) is 8.54. The first-order valence-corrected chi connectivity index (χ1v) is 9.23. The van der Waals surface area contributed by atoms with Gasteiger partial charge in [-0.2, -0.15) is 0 Å². The number of carboxylic acids is 1. The van der Waals surface area contributed by atoms with Gasteiger partial charge >= 0.3 is 5.97 Å². The van der Waals surface area contributed by atoms with Crippen molar-refractivity contribution in [2.24, 2.45) is 34.0 Å². The van der Waals surface area contributed by atoms with E-state index in [-0.39, 0.29) is 5.41 Å². The summed E-state index contributed by atoms with van der Waals surface area (Å²) < 4.78 is 0. The molecule has 0 radical (unpaired) electrons. The molecule has 122 valence electrons. The van der Waals surface area contributed by atoms with Gasteiger partial charge in [-0.1, -0.05) is 25.5 Å². The summed E-state index contributed by atoms with van der Waals surface area (Å²) in [6.45, 7) is 8.86. The number of hydrogen-bond donors (Lipinski definition) is 1. The van der Waals surface area contributed by atoms with E-state index in [0.717, 1.165) is 31.1 Å². The van der Waals surface area contributed by atoms with Crippen molar-refractivity contribution in [1.82, 2.24) is 0 Å². The third kappa shape index (κ3) is 1.65. The predicted molar refractivity (Wildman–Crippen MR) is 87.4 cm³/mol. The lowest BCUT2D eigenvalue weighted by molar-refractivity contribution is -0.181. The van der Waals surface area contributed by atoms with Crippen LogP contribution in [0.2, 0.25) is 0 Å². The molecule has 4 fully saturated rings. The molecule has 0 aromatic carbocycles. The molecule has 1 N–H and O–H groups in total. The van der Waals surface area contributed by atoms with Crippen LogP contribution < -0.4 is 0 Å². The molecule has 1 spiro atoms. The first kappa shape index (κ1) is 14.8. The van der Waals surface area contributed by atoms with Crippen LogP contribution in [-0.4, -0.2) is 11.1 Å². The summed E-state index contributed by atoms with van der Waals surface area (Å²) >= 11 is 0. The average molecular weight is 302 g/mol. The molecule has 4 saturated carbocycles. The van der Waals surface area contributed by atoms with E-state index >= 15 is 0 Å². The lowest BCUT2D eigenvalue weighted by Gasteiger charge is -2.63. The molecule has 0 saturated heterocycles. The number of carboxylic acid groups (broad SMARTS) is 1. The number of aliphatic carboxylic acids is 1. The van der Waals surface area contributed by atoms with Gasteiger partial charge in [-0.15, -0.1) is 0 Å². The molecule has 6 atom stereocenters. The number of rotatable bonds is 1. The Morgan fingerprint density at radius 3 is 2.64 bits per heavy atom. The normalized spacial score (nSPS) is 53.7. The second-order valence-corrected chi connectivity index (χ2v) is 9.40. The second-order valence-electron chi connectivity index (χ2n) is 9.40. The van der Waals surface area contributed by atoms with E-state index in [0.29, 0.717) is 11.3 Å². The Hall–Kier alpha value is -0.790. The lowest BCUT2D eigenvalue weighted by Crippen LogP contribution is -2.58. The molecule has 2 bridgehead atoms. The molecule has 0 aromatic rings. The number of allylic oxidation sites excluding steroid dienone is 1. The summed E-state index contributed by atoms with van der Waals surface area (Å²) in [5, 5.41) is 9.90. The van der Waals surface area contributed by atoms with E-state index in [9.17, 15) is 9.90 Å². The van der Waals surface area contributed by atoms with Crippen LogP contribution in [0.3, 0.4) is 0 Å². The van der Waals surface area contributed by atoms with E-state index in [4.69, 9.17) is 0 Å². The van der Waals surface area contributed by atoms with Gasteiger partial charge in [0.2, 0.25) is 0 Å². The van der Waals surface area contributed by atoms with Gasteiger partial charge in [-0.3, -0.25) is 4.79 Å². The van der Waals surface area contributed by atoms with Crippen LogP contribution in [0.25, 0.3) is 0 Å². The molecule has 0 aromatic heterocycles. The fourth-order valence-electron chi connectivity index (χ4n) is 7.61. The molecule has 0 heterocycles. The topological polar surface area (TPSA) is 37.3 Å². The molecule has 0 aliphatic heterocycles.